The Morgan fingerprint density at radius 1 is 0.974 bits per heavy atom. The van der Waals surface area contributed by atoms with Gasteiger partial charge in [0.1, 0.15) is 22.6 Å². The summed E-state index contributed by atoms with van der Waals surface area (Å²) in [6, 6.07) is 26.5. The van der Waals surface area contributed by atoms with Crippen molar-refractivity contribution in [2.24, 2.45) is 0 Å². The number of rotatable bonds is 8. The molecule has 0 spiro atoms. The number of halogens is 1. The molecule has 0 saturated carbocycles. The zero-order valence-corrected chi connectivity index (χ0v) is 23.0. The van der Waals surface area contributed by atoms with Gasteiger partial charge in [-0.15, -0.1) is 0 Å². The van der Waals surface area contributed by atoms with E-state index in [0.29, 0.717) is 32.7 Å². The van der Waals surface area contributed by atoms with E-state index in [1.165, 1.54) is 18.9 Å². The lowest BCUT2D eigenvalue weighted by Gasteiger charge is -2.24. The SMILES string of the molecule is COc1ccc(-c2cc(-c3ccccc3)nc(SC(C)(C)C(=O)Nc3ccc(OC)c(Cl)c3)c2C#N)cc1. The summed E-state index contributed by atoms with van der Waals surface area (Å²) in [6.45, 7) is 3.59. The van der Waals surface area contributed by atoms with Crippen molar-refractivity contribution in [1.29, 1.82) is 5.26 Å². The minimum atomic E-state index is -0.975. The molecule has 0 saturated heterocycles. The van der Waals surface area contributed by atoms with Crippen molar-refractivity contribution in [3.05, 3.63) is 89.4 Å². The minimum Gasteiger partial charge on any atom is -0.497 e. The molecule has 3 aromatic carbocycles. The van der Waals surface area contributed by atoms with E-state index in [0.717, 1.165) is 22.4 Å². The number of benzene rings is 3. The average Bonchev–Trinajstić information content (AvgIpc) is 2.93. The van der Waals surface area contributed by atoms with Crippen molar-refractivity contribution in [2.45, 2.75) is 23.6 Å². The monoisotopic (exact) mass is 543 g/mol. The van der Waals surface area contributed by atoms with Crippen LogP contribution in [0.1, 0.15) is 19.4 Å². The topological polar surface area (TPSA) is 84.2 Å². The first-order chi connectivity index (χ1) is 18.2. The summed E-state index contributed by atoms with van der Waals surface area (Å²) in [5.74, 6) is 0.978. The second kappa shape index (κ2) is 11.6. The zero-order chi connectivity index (χ0) is 27.3. The third kappa shape index (κ3) is 5.94. The van der Waals surface area contributed by atoms with E-state index in [9.17, 15) is 10.1 Å². The van der Waals surface area contributed by atoms with Gasteiger partial charge in [0.2, 0.25) is 5.91 Å². The van der Waals surface area contributed by atoms with Gasteiger partial charge in [-0.3, -0.25) is 4.79 Å². The number of ether oxygens (including phenoxy) is 2. The van der Waals surface area contributed by atoms with Crippen LogP contribution in [0, 0.1) is 11.3 Å². The van der Waals surface area contributed by atoms with Crippen molar-refractivity contribution < 1.29 is 14.3 Å². The largest absolute Gasteiger partial charge is 0.497 e. The van der Waals surface area contributed by atoms with Gasteiger partial charge in [0.25, 0.3) is 0 Å². The Bertz CT molecular complexity index is 1500. The Morgan fingerprint density at radius 3 is 2.29 bits per heavy atom. The summed E-state index contributed by atoms with van der Waals surface area (Å²) < 4.78 is 9.51. The third-order valence-electron chi connectivity index (χ3n) is 5.88. The van der Waals surface area contributed by atoms with Crippen molar-refractivity contribution in [3.8, 4) is 40.0 Å². The number of amides is 1. The van der Waals surface area contributed by atoms with Crippen LogP contribution in [0.25, 0.3) is 22.4 Å². The van der Waals surface area contributed by atoms with Crippen LogP contribution in [0.15, 0.2) is 83.9 Å². The second-order valence-electron chi connectivity index (χ2n) is 8.86. The fourth-order valence-electron chi connectivity index (χ4n) is 3.77. The summed E-state index contributed by atoms with van der Waals surface area (Å²) >= 11 is 7.47. The number of hydrogen-bond acceptors (Lipinski definition) is 6. The maximum absolute atomic E-state index is 13.4. The summed E-state index contributed by atoms with van der Waals surface area (Å²) in [5.41, 5.74) is 4.12. The summed E-state index contributed by atoms with van der Waals surface area (Å²) in [7, 11) is 3.14. The van der Waals surface area contributed by atoms with Crippen LogP contribution in [0.5, 0.6) is 11.5 Å². The van der Waals surface area contributed by atoms with E-state index in [1.807, 2.05) is 60.7 Å². The van der Waals surface area contributed by atoms with E-state index in [4.69, 9.17) is 26.1 Å². The maximum Gasteiger partial charge on any atom is 0.240 e. The molecule has 0 bridgehead atoms. The van der Waals surface area contributed by atoms with Crippen LogP contribution >= 0.6 is 23.4 Å². The highest BCUT2D eigenvalue weighted by Gasteiger charge is 2.32. The Morgan fingerprint density at radius 2 is 1.68 bits per heavy atom. The molecule has 4 rings (SSSR count). The smallest absolute Gasteiger partial charge is 0.240 e. The number of carbonyl (C=O) groups is 1. The number of nitrogens with one attached hydrogen (secondary N) is 1. The van der Waals surface area contributed by atoms with Crippen molar-refractivity contribution in [3.63, 3.8) is 0 Å². The lowest BCUT2D eigenvalue weighted by atomic mass is 9.99. The number of carbonyl (C=O) groups excluding carboxylic acids is 1. The Balaban J connectivity index is 1.74. The highest BCUT2D eigenvalue weighted by Crippen LogP contribution is 2.40. The van der Waals surface area contributed by atoms with Crippen LogP contribution in [-0.2, 0) is 4.79 Å². The predicted octanol–water partition coefficient (Wildman–Crippen LogP) is 7.47. The standard InChI is InChI=1S/C30H26ClN3O3S/c1-30(2,29(35)33-21-12-15-27(37-4)25(31)16-21)38-28-24(18-32)23(19-10-13-22(36-3)14-11-19)17-26(34-28)20-8-6-5-7-9-20/h5-17H,1-4H3,(H,33,35). The van der Waals surface area contributed by atoms with Gasteiger partial charge in [-0.05, 0) is 55.8 Å². The molecule has 38 heavy (non-hydrogen) atoms. The van der Waals surface area contributed by atoms with Gasteiger partial charge in [-0.25, -0.2) is 4.98 Å². The number of nitriles is 1. The molecule has 1 aromatic heterocycles. The third-order valence-corrected chi connectivity index (χ3v) is 7.36. The highest BCUT2D eigenvalue weighted by molar-refractivity contribution is 8.01. The predicted molar refractivity (Wildman–Crippen MR) is 153 cm³/mol. The van der Waals surface area contributed by atoms with E-state index < -0.39 is 4.75 Å². The van der Waals surface area contributed by atoms with Crippen molar-refractivity contribution in [1.82, 2.24) is 4.98 Å². The number of nitrogens with zero attached hydrogens (tertiary/aromatic N) is 2. The molecular weight excluding hydrogens is 518 g/mol. The van der Waals surface area contributed by atoms with Gasteiger partial charge in [0, 0.05) is 16.8 Å². The summed E-state index contributed by atoms with van der Waals surface area (Å²) in [5, 5.41) is 14.0. The Hall–Kier alpha value is -3.99. The lowest BCUT2D eigenvalue weighted by Crippen LogP contribution is -2.34. The first kappa shape index (κ1) is 27.1. The highest BCUT2D eigenvalue weighted by atomic mass is 35.5. The molecule has 0 fully saturated rings. The van der Waals surface area contributed by atoms with Gasteiger partial charge >= 0.3 is 0 Å². The normalized spacial score (nSPS) is 10.9. The van der Waals surface area contributed by atoms with E-state index >= 15 is 0 Å². The van der Waals surface area contributed by atoms with Gasteiger partial charge in [-0.1, -0.05) is 65.8 Å². The molecule has 1 N–H and O–H groups in total. The molecule has 0 atom stereocenters. The second-order valence-corrected chi connectivity index (χ2v) is 10.9. The molecule has 1 amide bonds. The molecule has 192 valence electrons. The van der Waals surface area contributed by atoms with Crippen LogP contribution in [0.3, 0.4) is 0 Å². The van der Waals surface area contributed by atoms with Crippen molar-refractivity contribution >= 4 is 35.0 Å². The number of anilines is 1. The maximum atomic E-state index is 13.4. The first-order valence-electron chi connectivity index (χ1n) is 11.7. The molecule has 0 aliphatic heterocycles. The molecule has 4 aromatic rings. The van der Waals surface area contributed by atoms with Gasteiger partial charge in [0.05, 0.1) is 35.2 Å². The van der Waals surface area contributed by atoms with E-state index in [1.54, 1.807) is 39.2 Å². The molecular formula is C30H26ClN3O3S. The van der Waals surface area contributed by atoms with E-state index in [2.05, 4.69) is 11.4 Å². The number of aromatic nitrogens is 1. The molecule has 1 heterocycles. The molecule has 0 aliphatic rings. The van der Waals surface area contributed by atoms with Crippen LogP contribution in [-0.4, -0.2) is 29.9 Å². The fourth-order valence-corrected chi connectivity index (χ4v) is 5.06. The average molecular weight is 544 g/mol. The summed E-state index contributed by atoms with van der Waals surface area (Å²) in [4.78, 5) is 18.2. The molecule has 0 radical (unpaired) electrons. The van der Waals surface area contributed by atoms with Crippen LogP contribution in [0.2, 0.25) is 5.02 Å². The van der Waals surface area contributed by atoms with Crippen LogP contribution in [0.4, 0.5) is 5.69 Å². The molecule has 6 nitrogen and oxygen atoms in total. The summed E-state index contributed by atoms with van der Waals surface area (Å²) in [6.07, 6.45) is 0. The zero-order valence-electron chi connectivity index (χ0n) is 21.4. The quantitative estimate of drug-likeness (QED) is 0.232. The number of methoxy groups -OCH3 is 2. The number of pyridine rings is 1. The number of thioether (sulfide) groups is 1. The van der Waals surface area contributed by atoms with Gasteiger partial charge < -0.3 is 14.8 Å². The van der Waals surface area contributed by atoms with Crippen molar-refractivity contribution in [2.75, 3.05) is 19.5 Å². The molecule has 8 heteroatoms. The van der Waals surface area contributed by atoms with Gasteiger partial charge in [-0.2, -0.15) is 5.26 Å². The van der Waals surface area contributed by atoms with Crippen LogP contribution < -0.4 is 14.8 Å². The number of hydrogen-bond donors (Lipinski definition) is 1. The fraction of sp³-hybridized carbons (Fsp3) is 0.167. The lowest BCUT2D eigenvalue weighted by molar-refractivity contribution is -0.117. The van der Waals surface area contributed by atoms with E-state index in [-0.39, 0.29) is 5.91 Å². The molecule has 0 aliphatic carbocycles. The molecule has 0 unspecified atom stereocenters. The van der Waals surface area contributed by atoms with Gasteiger partial charge in [0.15, 0.2) is 0 Å². The minimum absolute atomic E-state index is 0.259. The Labute approximate surface area is 231 Å². The Kier molecular flexibility index (Phi) is 8.26. The first-order valence-corrected chi connectivity index (χ1v) is 12.9.